The van der Waals surface area contributed by atoms with Crippen LogP contribution in [0.15, 0.2) is 10.8 Å². The fourth-order valence-electron chi connectivity index (χ4n) is 1.48. The zero-order valence-corrected chi connectivity index (χ0v) is 12.1. The van der Waals surface area contributed by atoms with Gasteiger partial charge in [-0.05, 0) is 0 Å². The molecule has 120 valence electrons. The first kappa shape index (κ1) is 16.2. The first-order valence-electron chi connectivity index (χ1n) is 5.22. The molecule has 15 heteroatoms. The molecule has 0 atom stereocenters. The first-order valence-corrected chi connectivity index (χ1v) is 6.98. The molecule has 0 aromatic carbocycles. The van der Waals surface area contributed by atoms with Gasteiger partial charge >= 0.3 is 22.7 Å². The average Bonchev–Trinajstić information content (AvgIpc) is 3.02. The van der Waals surface area contributed by atoms with Gasteiger partial charge in [-0.1, -0.05) is 22.7 Å². The molecule has 23 heavy (non-hydrogen) atoms. The normalized spacial score (nSPS) is 10.3. The molecule has 0 aliphatic rings. The average molecular weight is 362 g/mol. The smallest absolute Gasteiger partial charge is 0.399 e. The van der Waals surface area contributed by atoms with E-state index in [0.717, 1.165) is 10.8 Å². The van der Waals surface area contributed by atoms with Crippen LogP contribution in [0.2, 0.25) is 0 Å². The fourth-order valence-corrected chi connectivity index (χ4v) is 3.21. The van der Waals surface area contributed by atoms with Crippen molar-refractivity contribution in [1.82, 2.24) is 0 Å². The van der Waals surface area contributed by atoms with Crippen LogP contribution in [0.4, 0.5) is 22.7 Å². The molecule has 0 saturated carbocycles. The van der Waals surface area contributed by atoms with Crippen LogP contribution in [0.5, 0.6) is 10.1 Å². The lowest BCUT2D eigenvalue weighted by atomic mass is 10.4. The molecule has 0 fully saturated rings. The third kappa shape index (κ3) is 2.90. The van der Waals surface area contributed by atoms with Crippen LogP contribution in [0, 0.1) is 40.5 Å². The van der Waals surface area contributed by atoms with Crippen LogP contribution in [0.3, 0.4) is 0 Å². The van der Waals surface area contributed by atoms with Gasteiger partial charge in [0.15, 0.2) is 0 Å². The van der Waals surface area contributed by atoms with Gasteiger partial charge in [0, 0.05) is 0 Å². The lowest BCUT2D eigenvalue weighted by molar-refractivity contribution is -0.423. The lowest BCUT2D eigenvalue weighted by Gasteiger charge is -1.98. The minimum absolute atomic E-state index is 0.474. The van der Waals surface area contributed by atoms with E-state index < -0.39 is 52.6 Å². The lowest BCUT2D eigenvalue weighted by Crippen LogP contribution is -1.96. The standard InChI is InChI=1S/C8H2N4O9S2/c13-9(14)3-1-22-7(5(3)11(17)18)21-8-6(12(19)20)4(2-23-8)10(15)16/h1-2H. The molecule has 0 aliphatic heterocycles. The summed E-state index contributed by atoms with van der Waals surface area (Å²) in [5.74, 6) is 0. The molecule has 0 bridgehead atoms. The minimum Gasteiger partial charge on any atom is -0.421 e. The molecule has 0 amide bonds. The topological polar surface area (TPSA) is 182 Å². The highest BCUT2D eigenvalue weighted by Gasteiger charge is 2.38. The molecule has 2 rings (SSSR count). The van der Waals surface area contributed by atoms with Gasteiger partial charge in [0.05, 0.1) is 30.5 Å². The van der Waals surface area contributed by atoms with Crippen molar-refractivity contribution in [2.75, 3.05) is 0 Å². The Morgan fingerprint density at radius 3 is 1.30 bits per heavy atom. The fraction of sp³-hybridized carbons (Fsp3) is 0. The van der Waals surface area contributed by atoms with E-state index in [1.165, 1.54) is 0 Å². The predicted octanol–water partition coefficient (Wildman–Crippen LogP) is 3.23. The number of ether oxygens (including phenoxy) is 1. The van der Waals surface area contributed by atoms with Crippen LogP contribution >= 0.6 is 22.7 Å². The zero-order chi connectivity index (χ0) is 17.3. The van der Waals surface area contributed by atoms with Crippen molar-refractivity contribution < 1.29 is 24.4 Å². The molecule has 0 aliphatic carbocycles. The number of thiophene rings is 2. The van der Waals surface area contributed by atoms with E-state index in [2.05, 4.69) is 0 Å². The van der Waals surface area contributed by atoms with E-state index in [9.17, 15) is 40.5 Å². The van der Waals surface area contributed by atoms with Crippen molar-refractivity contribution >= 4 is 45.4 Å². The monoisotopic (exact) mass is 362 g/mol. The van der Waals surface area contributed by atoms with Crippen LogP contribution in [0.25, 0.3) is 0 Å². The molecule has 0 N–H and O–H groups in total. The van der Waals surface area contributed by atoms with E-state index in [1.807, 2.05) is 0 Å². The van der Waals surface area contributed by atoms with Crippen molar-refractivity contribution in [2.45, 2.75) is 0 Å². The molecule has 0 spiro atoms. The highest BCUT2D eigenvalue weighted by molar-refractivity contribution is 7.14. The second-order valence-electron chi connectivity index (χ2n) is 3.64. The maximum Gasteiger partial charge on any atom is 0.399 e. The second kappa shape index (κ2) is 5.89. The molecular formula is C8H2N4O9S2. The van der Waals surface area contributed by atoms with Crippen molar-refractivity contribution in [2.24, 2.45) is 0 Å². The van der Waals surface area contributed by atoms with Crippen LogP contribution in [-0.2, 0) is 0 Å². The SMILES string of the molecule is O=[N+]([O-])c1csc(Oc2scc([N+](=O)[O-])c2[N+](=O)[O-])c1[N+](=O)[O-]. The molecule has 2 aromatic heterocycles. The Labute approximate surface area is 131 Å². The minimum atomic E-state index is -1.07. The summed E-state index contributed by atoms with van der Waals surface area (Å²) >= 11 is 0.949. The summed E-state index contributed by atoms with van der Waals surface area (Å²) in [5.41, 5.74) is -3.65. The van der Waals surface area contributed by atoms with E-state index in [4.69, 9.17) is 4.74 Å². The number of nitrogens with zero attached hydrogens (tertiary/aromatic N) is 4. The van der Waals surface area contributed by atoms with Crippen molar-refractivity contribution in [3.05, 3.63) is 51.2 Å². The summed E-state index contributed by atoms with van der Waals surface area (Å²) < 4.78 is 4.97. The van der Waals surface area contributed by atoms with Crippen LogP contribution in [-0.4, -0.2) is 19.7 Å². The second-order valence-corrected chi connectivity index (χ2v) is 5.33. The quantitative estimate of drug-likeness (QED) is 0.549. The summed E-state index contributed by atoms with van der Waals surface area (Å²) in [5, 5.41) is 43.8. The maximum absolute atomic E-state index is 10.9. The Balaban J connectivity index is 2.53. The molecule has 2 aromatic rings. The maximum atomic E-state index is 10.9. The molecule has 0 radical (unpaired) electrons. The number of rotatable bonds is 6. The van der Waals surface area contributed by atoms with Crippen LogP contribution < -0.4 is 4.74 Å². The van der Waals surface area contributed by atoms with Crippen molar-refractivity contribution in [3.8, 4) is 10.1 Å². The third-order valence-corrected chi connectivity index (χ3v) is 4.03. The Morgan fingerprint density at radius 1 is 0.696 bits per heavy atom. The molecular weight excluding hydrogens is 360 g/mol. The molecule has 0 unspecified atom stereocenters. The largest absolute Gasteiger partial charge is 0.421 e. The molecule has 0 saturated heterocycles. The number of hydrogen-bond acceptors (Lipinski definition) is 11. The Bertz CT molecular complexity index is 772. The Kier molecular flexibility index (Phi) is 4.14. The summed E-state index contributed by atoms with van der Waals surface area (Å²) in [6, 6.07) is 0. The number of hydrogen-bond donors (Lipinski definition) is 0. The highest BCUT2D eigenvalue weighted by atomic mass is 32.1. The van der Waals surface area contributed by atoms with Crippen molar-refractivity contribution in [1.29, 1.82) is 0 Å². The highest BCUT2D eigenvalue weighted by Crippen LogP contribution is 2.50. The molecule has 2 heterocycles. The van der Waals surface area contributed by atoms with E-state index >= 15 is 0 Å². The molecule has 13 nitrogen and oxygen atoms in total. The van der Waals surface area contributed by atoms with Gasteiger partial charge in [-0.25, -0.2) is 0 Å². The van der Waals surface area contributed by atoms with Gasteiger partial charge in [0.2, 0.25) is 0 Å². The van der Waals surface area contributed by atoms with E-state index in [0.29, 0.717) is 22.7 Å². The third-order valence-electron chi connectivity index (χ3n) is 2.37. The summed E-state index contributed by atoms with van der Waals surface area (Å²) in [6.45, 7) is 0. The summed E-state index contributed by atoms with van der Waals surface area (Å²) in [7, 11) is 0. The van der Waals surface area contributed by atoms with Gasteiger partial charge in [-0.2, -0.15) is 0 Å². The van der Waals surface area contributed by atoms with Gasteiger partial charge < -0.3 is 4.74 Å². The zero-order valence-electron chi connectivity index (χ0n) is 10.4. The van der Waals surface area contributed by atoms with Gasteiger partial charge in [-0.3, -0.25) is 40.5 Å². The first-order chi connectivity index (χ1) is 10.7. The predicted molar refractivity (Wildman–Crippen MR) is 75.3 cm³/mol. The number of nitro groups is 4. The van der Waals surface area contributed by atoms with Crippen LogP contribution in [0.1, 0.15) is 0 Å². The Morgan fingerprint density at radius 2 is 1.04 bits per heavy atom. The Hall–Kier alpha value is -3.20. The van der Waals surface area contributed by atoms with E-state index in [-0.39, 0.29) is 0 Å². The van der Waals surface area contributed by atoms with E-state index in [1.54, 1.807) is 0 Å². The van der Waals surface area contributed by atoms with Gasteiger partial charge in [0.1, 0.15) is 0 Å². The van der Waals surface area contributed by atoms with Gasteiger partial charge in [-0.15, -0.1) is 0 Å². The summed E-state index contributed by atoms with van der Waals surface area (Å²) in [6.07, 6.45) is 0. The van der Waals surface area contributed by atoms with Crippen molar-refractivity contribution in [3.63, 3.8) is 0 Å². The van der Waals surface area contributed by atoms with Gasteiger partial charge in [0.25, 0.3) is 10.1 Å². The summed E-state index contributed by atoms with van der Waals surface area (Å²) in [4.78, 5) is 39.1.